The molecule has 1 saturated heterocycles. The molecule has 19 heavy (non-hydrogen) atoms. The summed E-state index contributed by atoms with van der Waals surface area (Å²) in [5.41, 5.74) is 2.63. The van der Waals surface area contributed by atoms with Crippen molar-refractivity contribution in [1.29, 1.82) is 0 Å². The molecule has 3 heteroatoms. The summed E-state index contributed by atoms with van der Waals surface area (Å²) < 4.78 is 5.48. The topological polar surface area (TPSA) is 33.3 Å². The van der Waals surface area contributed by atoms with Gasteiger partial charge in [0.2, 0.25) is 0 Å². The van der Waals surface area contributed by atoms with E-state index in [1.807, 2.05) is 0 Å². The SMILES string of the molecule is COc1ccc(C(C)(C)C)cc1NC1CCNCC1. The average Bonchev–Trinajstić information content (AvgIpc) is 2.39. The second-order valence-corrected chi connectivity index (χ2v) is 6.33. The van der Waals surface area contributed by atoms with Gasteiger partial charge in [0.25, 0.3) is 0 Å². The van der Waals surface area contributed by atoms with E-state index >= 15 is 0 Å². The quantitative estimate of drug-likeness (QED) is 0.878. The molecule has 0 saturated carbocycles. The summed E-state index contributed by atoms with van der Waals surface area (Å²) in [6, 6.07) is 7.02. The molecule has 1 aliphatic rings. The van der Waals surface area contributed by atoms with Gasteiger partial charge >= 0.3 is 0 Å². The maximum atomic E-state index is 5.48. The van der Waals surface area contributed by atoms with Crippen LogP contribution >= 0.6 is 0 Å². The van der Waals surface area contributed by atoms with Crippen molar-refractivity contribution in [3.05, 3.63) is 23.8 Å². The van der Waals surface area contributed by atoms with Gasteiger partial charge in [0.1, 0.15) is 5.75 Å². The van der Waals surface area contributed by atoms with E-state index in [9.17, 15) is 0 Å². The lowest BCUT2D eigenvalue weighted by Crippen LogP contribution is -2.35. The zero-order valence-corrected chi connectivity index (χ0v) is 12.5. The van der Waals surface area contributed by atoms with Crippen molar-refractivity contribution in [2.75, 3.05) is 25.5 Å². The molecule has 0 bridgehead atoms. The van der Waals surface area contributed by atoms with Crippen LogP contribution < -0.4 is 15.4 Å². The van der Waals surface area contributed by atoms with Gasteiger partial charge in [0.15, 0.2) is 0 Å². The Kier molecular flexibility index (Phi) is 4.35. The second-order valence-electron chi connectivity index (χ2n) is 6.33. The molecule has 0 aliphatic carbocycles. The molecule has 0 atom stereocenters. The highest BCUT2D eigenvalue weighted by atomic mass is 16.5. The summed E-state index contributed by atoms with van der Waals surface area (Å²) >= 11 is 0. The number of nitrogens with one attached hydrogen (secondary N) is 2. The molecule has 0 spiro atoms. The number of anilines is 1. The van der Waals surface area contributed by atoms with Crippen LogP contribution in [0.1, 0.15) is 39.2 Å². The zero-order chi connectivity index (χ0) is 13.9. The van der Waals surface area contributed by atoms with E-state index in [4.69, 9.17) is 4.74 Å². The van der Waals surface area contributed by atoms with Crippen LogP contribution in [0, 0.1) is 0 Å². The highest BCUT2D eigenvalue weighted by Crippen LogP contribution is 2.32. The standard InChI is InChI=1S/C16H26N2O/c1-16(2,3)12-5-6-15(19-4)14(11-12)18-13-7-9-17-10-8-13/h5-6,11,13,17-18H,7-10H2,1-4H3. The molecule has 0 amide bonds. The first-order valence-electron chi connectivity index (χ1n) is 7.16. The third kappa shape index (κ3) is 3.63. The van der Waals surface area contributed by atoms with Gasteiger partial charge in [0.05, 0.1) is 12.8 Å². The Balaban J connectivity index is 2.20. The Hall–Kier alpha value is -1.22. The summed E-state index contributed by atoms with van der Waals surface area (Å²) in [4.78, 5) is 0. The van der Waals surface area contributed by atoms with Crippen LogP contribution in [0.25, 0.3) is 0 Å². The van der Waals surface area contributed by atoms with E-state index in [0.717, 1.165) is 24.5 Å². The minimum atomic E-state index is 0.164. The maximum absolute atomic E-state index is 5.48. The molecule has 0 radical (unpaired) electrons. The first kappa shape index (κ1) is 14.2. The summed E-state index contributed by atoms with van der Waals surface area (Å²) in [6.45, 7) is 8.91. The van der Waals surface area contributed by atoms with Crippen LogP contribution in [0.2, 0.25) is 0 Å². The van der Waals surface area contributed by atoms with Crippen LogP contribution in [-0.2, 0) is 5.41 Å². The van der Waals surface area contributed by atoms with Crippen LogP contribution in [0.3, 0.4) is 0 Å². The molecule has 2 rings (SSSR count). The molecule has 1 fully saturated rings. The predicted molar refractivity (Wildman–Crippen MR) is 81.2 cm³/mol. The Morgan fingerprint density at radius 3 is 2.47 bits per heavy atom. The van der Waals surface area contributed by atoms with Crippen LogP contribution in [0.5, 0.6) is 5.75 Å². The third-order valence-electron chi connectivity index (χ3n) is 3.76. The number of piperidine rings is 1. The second kappa shape index (κ2) is 5.83. The smallest absolute Gasteiger partial charge is 0.141 e. The largest absolute Gasteiger partial charge is 0.495 e. The van der Waals surface area contributed by atoms with E-state index in [2.05, 4.69) is 49.6 Å². The zero-order valence-electron chi connectivity index (χ0n) is 12.5. The summed E-state index contributed by atoms with van der Waals surface area (Å²) in [5.74, 6) is 0.937. The van der Waals surface area contributed by atoms with Crippen molar-refractivity contribution in [2.24, 2.45) is 0 Å². The lowest BCUT2D eigenvalue weighted by molar-refractivity contribution is 0.413. The van der Waals surface area contributed by atoms with Gasteiger partial charge in [0, 0.05) is 6.04 Å². The molecular formula is C16H26N2O. The van der Waals surface area contributed by atoms with Gasteiger partial charge in [-0.05, 0) is 49.0 Å². The molecule has 1 aromatic carbocycles. The molecule has 1 aliphatic heterocycles. The number of hydrogen-bond acceptors (Lipinski definition) is 3. The highest BCUT2D eigenvalue weighted by molar-refractivity contribution is 5.59. The summed E-state index contributed by atoms with van der Waals surface area (Å²) in [6.07, 6.45) is 2.34. The molecular weight excluding hydrogens is 236 g/mol. The first-order chi connectivity index (χ1) is 9.00. The fourth-order valence-corrected chi connectivity index (χ4v) is 2.47. The van der Waals surface area contributed by atoms with E-state index in [-0.39, 0.29) is 5.41 Å². The summed E-state index contributed by atoms with van der Waals surface area (Å²) in [5, 5.41) is 7.04. The fraction of sp³-hybridized carbons (Fsp3) is 0.625. The number of benzene rings is 1. The van der Waals surface area contributed by atoms with E-state index in [1.54, 1.807) is 7.11 Å². The molecule has 3 nitrogen and oxygen atoms in total. The minimum Gasteiger partial charge on any atom is -0.495 e. The fourth-order valence-electron chi connectivity index (χ4n) is 2.47. The number of ether oxygens (including phenoxy) is 1. The van der Waals surface area contributed by atoms with Crippen molar-refractivity contribution >= 4 is 5.69 Å². The Morgan fingerprint density at radius 1 is 1.21 bits per heavy atom. The van der Waals surface area contributed by atoms with Crippen molar-refractivity contribution in [3.63, 3.8) is 0 Å². The lowest BCUT2D eigenvalue weighted by Gasteiger charge is -2.27. The van der Waals surface area contributed by atoms with Crippen molar-refractivity contribution < 1.29 is 4.74 Å². The van der Waals surface area contributed by atoms with Crippen LogP contribution in [-0.4, -0.2) is 26.2 Å². The minimum absolute atomic E-state index is 0.164. The maximum Gasteiger partial charge on any atom is 0.141 e. The van der Waals surface area contributed by atoms with Gasteiger partial charge < -0.3 is 15.4 Å². The normalized spacial score (nSPS) is 17.3. The number of methoxy groups -OCH3 is 1. The highest BCUT2D eigenvalue weighted by Gasteiger charge is 2.18. The number of rotatable bonds is 3. The Morgan fingerprint density at radius 2 is 1.89 bits per heavy atom. The van der Waals surface area contributed by atoms with Crippen molar-refractivity contribution in [2.45, 2.75) is 45.1 Å². The third-order valence-corrected chi connectivity index (χ3v) is 3.76. The molecule has 1 aromatic rings. The molecule has 0 unspecified atom stereocenters. The van der Waals surface area contributed by atoms with Gasteiger partial charge in [-0.2, -0.15) is 0 Å². The number of hydrogen-bond donors (Lipinski definition) is 2. The Bertz CT molecular complexity index is 417. The monoisotopic (exact) mass is 262 g/mol. The average molecular weight is 262 g/mol. The lowest BCUT2D eigenvalue weighted by atomic mass is 9.86. The molecule has 1 heterocycles. The van der Waals surface area contributed by atoms with Crippen molar-refractivity contribution in [1.82, 2.24) is 5.32 Å². The van der Waals surface area contributed by atoms with E-state index in [1.165, 1.54) is 18.4 Å². The van der Waals surface area contributed by atoms with Gasteiger partial charge in [-0.3, -0.25) is 0 Å². The van der Waals surface area contributed by atoms with Crippen LogP contribution in [0.15, 0.2) is 18.2 Å². The van der Waals surface area contributed by atoms with E-state index < -0.39 is 0 Å². The van der Waals surface area contributed by atoms with E-state index in [0.29, 0.717) is 6.04 Å². The predicted octanol–water partition coefficient (Wildman–Crippen LogP) is 3.16. The first-order valence-corrected chi connectivity index (χ1v) is 7.16. The summed E-state index contributed by atoms with van der Waals surface area (Å²) in [7, 11) is 1.74. The molecule has 2 N–H and O–H groups in total. The van der Waals surface area contributed by atoms with Gasteiger partial charge in [-0.15, -0.1) is 0 Å². The van der Waals surface area contributed by atoms with Crippen LogP contribution in [0.4, 0.5) is 5.69 Å². The molecule has 106 valence electrons. The Labute approximate surface area is 116 Å². The van der Waals surface area contributed by atoms with Crippen molar-refractivity contribution in [3.8, 4) is 5.75 Å². The van der Waals surface area contributed by atoms with Gasteiger partial charge in [-0.25, -0.2) is 0 Å². The molecule has 0 aromatic heterocycles. The van der Waals surface area contributed by atoms with Gasteiger partial charge in [-0.1, -0.05) is 26.8 Å².